The number of rotatable bonds is 2. The molecule has 126 valence electrons. The van der Waals surface area contributed by atoms with Gasteiger partial charge >= 0.3 is 0 Å². The molecule has 2 aromatic rings. The third-order valence-corrected chi connectivity index (χ3v) is 5.66. The number of imidazole rings is 1. The minimum absolute atomic E-state index is 0.142. The van der Waals surface area contributed by atoms with E-state index >= 15 is 0 Å². The largest absolute Gasteiger partial charge is 0.335 e. The fraction of sp³-hybridized carbons (Fsp3) is 0.526. The molecule has 3 heterocycles. The second kappa shape index (κ2) is 6.38. The van der Waals surface area contributed by atoms with Crippen LogP contribution < -0.4 is 0 Å². The predicted octanol–water partition coefficient (Wildman–Crippen LogP) is 3.31. The van der Waals surface area contributed by atoms with E-state index in [9.17, 15) is 4.79 Å². The summed E-state index contributed by atoms with van der Waals surface area (Å²) in [7, 11) is 0. The first-order valence-electron chi connectivity index (χ1n) is 8.99. The van der Waals surface area contributed by atoms with Gasteiger partial charge in [-0.05, 0) is 49.7 Å². The van der Waals surface area contributed by atoms with Crippen LogP contribution in [-0.4, -0.2) is 37.9 Å². The molecule has 2 fully saturated rings. The van der Waals surface area contributed by atoms with Gasteiger partial charge in [0.2, 0.25) is 0 Å². The van der Waals surface area contributed by atoms with E-state index in [0.717, 1.165) is 18.8 Å². The van der Waals surface area contributed by atoms with Crippen LogP contribution in [0.1, 0.15) is 49.4 Å². The van der Waals surface area contributed by atoms with Crippen LogP contribution in [0.4, 0.5) is 0 Å². The maximum atomic E-state index is 13.1. The Labute approximate surface area is 142 Å². The van der Waals surface area contributed by atoms with E-state index in [1.54, 1.807) is 18.7 Å². The number of fused-ring (bicyclic) bond motifs is 1. The standard InChI is InChI=1S/C19H24N4O/c1-14-4-2-5-15-6-3-10-23(18(14)15)19(24)16-7-8-17(21-12-16)22-11-9-20-13-22/h7-9,11-15,18H,2-6,10H2,1H3. The summed E-state index contributed by atoms with van der Waals surface area (Å²) in [6.07, 6.45) is 13.2. The second-order valence-electron chi connectivity index (χ2n) is 7.17. The van der Waals surface area contributed by atoms with Gasteiger partial charge in [-0.25, -0.2) is 9.97 Å². The molecule has 4 rings (SSSR count). The van der Waals surface area contributed by atoms with Crippen LogP contribution in [0.3, 0.4) is 0 Å². The summed E-state index contributed by atoms with van der Waals surface area (Å²) in [6, 6.07) is 4.19. The van der Waals surface area contributed by atoms with Gasteiger partial charge in [0.15, 0.2) is 0 Å². The van der Waals surface area contributed by atoms with Gasteiger partial charge in [0.05, 0.1) is 5.56 Å². The lowest BCUT2D eigenvalue weighted by atomic mass is 9.73. The fourth-order valence-electron chi connectivity index (χ4n) is 4.52. The lowest BCUT2D eigenvalue weighted by Crippen LogP contribution is -2.53. The van der Waals surface area contributed by atoms with Crippen molar-refractivity contribution in [3.63, 3.8) is 0 Å². The molecule has 5 heteroatoms. The van der Waals surface area contributed by atoms with Gasteiger partial charge < -0.3 is 4.90 Å². The summed E-state index contributed by atoms with van der Waals surface area (Å²) < 4.78 is 1.84. The molecule has 1 saturated carbocycles. The maximum Gasteiger partial charge on any atom is 0.255 e. The van der Waals surface area contributed by atoms with Crippen molar-refractivity contribution in [2.75, 3.05) is 6.54 Å². The summed E-state index contributed by atoms with van der Waals surface area (Å²) in [5, 5.41) is 0. The van der Waals surface area contributed by atoms with Gasteiger partial charge in [-0.15, -0.1) is 0 Å². The molecule has 3 unspecified atom stereocenters. The number of nitrogens with zero attached hydrogens (tertiary/aromatic N) is 4. The molecule has 2 aromatic heterocycles. The highest BCUT2D eigenvalue weighted by atomic mass is 16.2. The molecule has 0 N–H and O–H groups in total. The fourth-order valence-corrected chi connectivity index (χ4v) is 4.52. The molecule has 0 spiro atoms. The zero-order chi connectivity index (χ0) is 16.5. The maximum absolute atomic E-state index is 13.1. The summed E-state index contributed by atoms with van der Waals surface area (Å²) in [5.41, 5.74) is 0.692. The Bertz CT molecular complexity index is 693. The molecule has 2 aliphatic rings. The lowest BCUT2D eigenvalue weighted by molar-refractivity contribution is 0.0211. The SMILES string of the molecule is CC1CCCC2CCCN(C(=O)c3ccc(-n4ccnc4)nc3)C12. The molecule has 1 amide bonds. The molecule has 1 aliphatic heterocycles. The molecule has 24 heavy (non-hydrogen) atoms. The zero-order valence-electron chi connectivity index (χ0n) is 14.1. The van der Waals surface area contributed by atoms with Crippen molar-refractivity contribution in [1.29, 1.82) is 0 Å². The molecule has 3 atom stereocenters. The average molecular weight is 324 g/mol. The number of aromatic nitrogens is 3. The van der Waals surface area contributed by atoms with Crippen molar-refractivity contribution < 1.29 is 4.79 Å². The highest BCUT2D eigenvalue weighted by Crippen LogP contribution is 2.39. The van der Waals surface area contributed by atoms with Gasteiger partial charge in [0.1, 0.15) is 12.1 Å². The minimum atomic E-state index is 0.142. The molecule has 1 saturated heterocycles. The molecule has 0 bridgehead atoms. The van der Waals surface area contributed by atoms with E-state index in [2.05, 4.69) is 21.8 Å². The van der Waals surface area contributed by atoms with Crippen molar-refractivity contribution in [3.05, 3.63) is 42.6 Å². The van der Waals surface area contributed by atoms with Crippen LogP contribution in [0.15, 0.2) is 37.1 Å². The van der Waals surface area contributed by atoms with Gasteiger partial charge in [0, 0.05) is 31.2 Å². The van der Waals surface area contributed by atoms with Crippen LogP contribution in [0, 0.1) is 11.8 Å². The lowest BCUT2D eigenvalue weighted by Gasteiger charge is -2.47. The average Bonchev–Trinajstić information content (AvgIpc) is 3.16. The first-order chi connectivity index (χ1) is 11.7. The van der Waals surface area contributed by atoms with Crippen LogP contribution >= 0.6 is 0 Å². The number of carbonyl (C=O) groups is 1. The van der Waals surface area contributed by atoms with Crippen LogP contribution in [0.5, 0.6) is 0 Å². The molecule has 5 nitrogen and oxygen atoms in total. The molecule has 1 aliphatic carbocycles. The van der Waals surface area contributed by atoms with Crippen LogP contribution in [0.2, 0.25) is 0 Å². The Hall–Kier alpha value is -2.17. The first-order valence-corrected chi connectivity index (χ1v) is 8.99. The number of amides is 1. The monoisotopic (exact) mass is 324 g/mol. The highest BCUT2D eigenvalue weighted by molar-refractivity contribution is 5.94. The van der Waals surface area contributed by atoms with E-state index < -0.39 is 0 Å². The number of carbonyl (C=O) groups excluding carboxylic acids is 1. The minimum Gasteiger partial charge on any atom is -0.335 e. The van der Waals surface area contributed by atoms with E-state index in [1.165, 1.54) is 25.7 Å². The van der Waals surface area contributed by atoms with Gasteiger partial charge in [-0.1, -0.05) is 13.3 Å². The van der Waals surface area contributed by atoms with Crippen molar-refractivity contribution in [3.8, 4) is 5.82 Å². The van der Waals surface area contributed by atoms with Gasteiger partial charge in [-0.3, -0.25) is 9.36 Å². The smallest absolute Gasteiger partial charge is 0.255 e. The van der Waals surface area contributed by atoms with Gasteiger partial charge in [-0.2, -0.15) is 0 Å². The third kappa shape index (κ3) is 2.72. The van der Waals surface area contributed by atoms with Crippen LogP contribution in [0.25, 0.3) is 5.82 Å². The van der Waals surface area contributed by atoms with E-state index in [4.69, 9.17) is 0 Å². The Morgan fingerprint density at radius 3 is 2.83 bits per heavy atom. The summed E-state index contributed by atoms with van der Waals surface area (Å²) in [4.78, 5) is 23.7. The number of pyridine rings is 1. The zero-order valence-corrected chi connectivity index (χ0v) is 14.1. The normalized spacial score (nSPS) is 26.9. The molecule has 0 aromatic carbocycles. The van der Waals surface area contributed by atoms with E-state index in [1.807, 2.05) is 22.9 Å². The third-order valence-electron chi connectivity index (χ3n) is 5.66. The quantitative estimate of drug-likeness (QED) is 0.851. The van der Waals surface area contributed by atoms with Gasteiger partial charge in [0.25, 0.3) is 5.91 Å². The molecular formula is C19H24N4O. The number of hydrogen-bond donors (Lipinski definition) is 0. The summed E-state index contributed by atoms with van der Waals surface area (Å²) >= 11 is 0. The van der Waals surface area contributed by atoms with Crippen molar-refractivity contribution >= 4 is 5.91 Å². The second-order valence-corrected chi connectivity index (χ2v) is 7.17. The summed E-state index contributed by atoms with van der Waals surface area (Å²) in [5.74, 6) is 2.21. The first kappa shape index (κ1) is 15.4. The van der Waals surface area contributed by atoms with Crippen molar-refractivity contribution in [2.24, 2.45) is 11.8 Å². The van der Waals surface area contributed by atoms with Crippen molar-refractivity contribution in [2.45, 2.75) is 45.1 Å². The number of likely N-dealkylation sites (tertiary alicyclic amines) is 1. The van der Waals surface area contributed by atoms with Crippen molar-refractivity contribution in [1.82, 2.24) is 19.4 Å². The topological polar surface area (TPSA) is 51.0 Å². The Kier molecular flexibility index (Phi) is 4.08. The highest BCUT2D eigenvalue weighted by Gasteiger charge is 2.39. The van der Waals surface area contributed by atoms with Crippen LogP contribution in [-0.2, 0) is 0 Å². The Balaban J connectivity index is 1.56. The molecular weight excluding hydrogens is 300 g/mol. The molecule has 0 radical (unpaired) electrons. The number of piperidine rings is 1. The van der Waals surface area contributed by atoms with E-state index in [-0.39, 0.29) is 5.91 Å². The predicted molar refractivity (Wildman–Crippen MR) is 91.9 cm³/mol. The number of hydrogen-bond acceptors (Lipinski definition) is 3. The summed E-state index contributed by atoms with van der Waals surface area (Å²) in [6.45, 7) is 3.19. The van der Waals surface area contributed by atoms with E-state index in [0.29, 0.717) is 23.4 Å². The Morgan fingerprint density at radius 1 is 1.21 bits per heavy atom. The Morgan fingerprint density at radius 2 is 2.08 bits per heavy atom.